The Labute approximate surface area is 164 Å². The van der Waals surface area contributed by atoms with Gasteiger partial charge in [0.05, 0.1) is 0 Å². The predicted octanol–water partition coefficient (Wildman–Crippen LogP) is 4.55. The summed E-state index contributed by atoms with van der Waals surface area (Å²) in [5, 5.41) is 5.54. The molecule has 2 amide bonds. The molecule has 28 heavy (non-hydrogen) atoms. The molecule has 0 aliphatic carbocycles. The molecule has 142 valence electrons. The molecule has 0 aliphatic heterocycles. The minimum absolute atomic E-state index is 0.166. The molecule has 3 aromatic carbocycles. The Kier molecular flexibility index (Phi) is 6.41. The van der Waals surface area contributed by atoms with Gasteiger partial charge in [-0.25, -0.2) is 0 Å². The number of hydrogen-bond donors (Lipinski definition) is 2. The van der Waals surface area contributed by atoms with Crippen LogP contribution < -0.4 is 15.4 Å². The van der Waals surface area contributed by atoms with Crippen LogP contribution in [0.2, 0.25) is 0 Å². The summed E-state index contributed by atoms with van der Waals surface area (Å²) in [5.41, 5.74) is 2.42. The average molecular weight is 374 g/mol. The molecule has 0 bridgehead atoms. The van der Waals surface area contributed by atoms with Crippen molar-refractivity contribution in [2.24, 2.45) is 0 Å². The summed E-state index contributed by atoms with van der Waals surface area (Å²) in [6.45, 7) is 2.29. The highest BCUT2D eigenvalue weighted by Crippen LogP contribution is 2.23. The number of carbonyl (C=O) groups excluding carboxylic acids is 2. The van der Waals surface area contributed by atoms with E-state index in [1.807, 2.05) is 37.3 Å². The fourth-order valence-corrected chi connectivity index (χ4v) is 2.55. The molecule has 0 saturated heterocycles. The molecule has 0 heterocycles. The molecule has 3 aromatic rings. The van der Waals surface area contributed by atoms with Crippen LogP contribution in [0, 0.1) is 6.92 Å². The number of hydrogen-bond acceptors (Lipinski definition) is 3. The van der Waals surface area contributed by atoms with Gasteiger partial charge < -0.3 is 15.4 Å². The first-order valence-electron chi connectivity index (χ1n) is 9.08. The number of ether oxygens (including phenoxy) is 1. The topological polar surface area (TPSA) is 67.4 Å². The van der Waals surface area contributed by atoms with Crippen LogP contribution in [0.4, 0.5) is 5.69 Å². The third-order valence-electron chi connectivity index (χ3n) is 4.07. The Morgan fingerprint density at radius 3 is 2.07 bits per heavy atom. The van der Waals surface area contributed by atoms with Crippen LogP contribution in [0.5, 0.6) is 11.5 Å². The fourth-order valence-electron chi connectivity index (χ4n) is 2.55. The Morgan fingerprint density at radius 1 is 0.821 bits per heavy atom. The molecular weight excluding hydrogens is 352 g/mol. The molecule has 0 atom stereocenters. The van der Waals surface area contributed by atoms with Crippen molar-refractivity contribution in [3.8, 4) is 11.5 Å². The second-order valence-corrected chi connectivity index (χ2v) is 6.36. The lowest BCUT2D eigenvalue weighted by molar-refractivity contribution is -0.116. The molecule has 0 unspecified atom stereocenters. The summed E-state index contributed by atoms with van der Waals surface area (Å²) in [6, 6.07) is 23.9. The number of amides is 2. The van der Waals surface area contributed by atoms with Crippen LogP contribution in [-0.2, 0) is 4.79 Å². The maximum atomic E-state index is 12.0. The van der Waals surface area contributed by atoms with Crippen LogP contribution in [0.25, 0.3) is 0 Å². The summed E-state index contributed by atoms with van der Waals surface area (Å²) in [4.78, 5) is 24.0. The lowest BCUT2D eigenvalue weighted by atomic mass is 10.2. The zero-order chi connectivity index (χ0) is 19.8. The first-order chi connectivity index (χ1) is 13.6. The van der Waals surface area contributed by atoms with Gasteiger partial charge in [-0.15, -0.1) is 0 Å². The van der Waals surface area contributed by atoms with Gasteiger partial charge in [0.15, 0.2) is 0 Å². The normalized spacial score (nSPS) is 10.2. The van der Waals surface area contributed by atoms with E-state index >= 15 is 0 Å². The first kappa shape index (κ1) is 19.2. The molecule has 3 rings (SSSR count). The van der Waals surface area contributed by atoms with Crippen molar-refractivity contribution in [1.82, 2.24) is 5.32 Å². The van der Waals surface area contributed by atoms with Crippen molar-refractivity contribution >= 4 is 17.5 Å². The van der Waals surface area contributed by atoms with Crippen LogP contribution in [0.3, 0.4) is 0 Å². The highest BCUT2D eigenvalue weighted by Gasteiger charge is 2.07. The van der Waals surface area contributed by atoms with Crippen molar-refractivity contribution in [2.45, 2.75) is 13.3 Å². The third-order valence-corrected chi connectivity index (χ3v) is 4.07. The molecule has 0 spiro atoms. The molecular formula is C23H22N2O3. The summed E-state index contributed by atoms with van der Waals surface area (Å²) < 4.78 is 5.77. The fraction of sp³-hybridized carbons (Fsp3) is 0.130. The summed E-state index contributed by atoms with van der Waals surface area (Å²) in [7, 11) is 0. The quantitative estimate of drug-likeness (QED) is 0.638. The van der Waals surface area contributed by atoms with Crippen molar-refractivity contribution < 1.29 is 14.3 Å². The van der Waals surface area contributed by atoms with Gasteiger partial charge in [0.2, 0.25) is 5.91 Å². The van der Waals surface area contributed by atoms with Gasteiger partial charge in [0.25, 0.3) is 5.91 Å². The van der Waals surface area contributed by atoms with Gasteiger partial charge in [-0.05, 0) is 55.5 Å². The molecule has 5 nitrogen and oxygen atoms in total. The number of benzene rings is 3. The van der Waals surface area contributed by atoms with Crippen molar-refractivity contribution in [2.75, 3.05) is 11.9 Å². The van der Waals surface area contributed by atoms with E-state index in [1.165, 1.54) is 5.56 Å². The van der Waals surface area contributed by atoms with E-state index in [9.17, 15) is 9.59 Å². The van der Waals surface area contributed by atoms with Gasteiger partial charge in [-0.1, -0.05) is 35.9 Å². The molecule has 2 N–H and O–H groups in total. The van der Waals surface area contributed by atoms with Gasteiger partial charge in [-0.2, -0.15) is 0 Å². The standard InChI is InChI=1S/C23H22N2O3/c1-17-7-11-20(12-8-17)28-21-13-9-19(10-14-21)25-22(26)15-16-24-23(27)18-5-3-2-4-6-18/h2-14H,15-16H2,1H3,(H,24,27)(H,25,26). The second-order valence-electron chi connectivity index (χ2n) is 6.36. The predicted molar refractivity (Wildman–Crippen MR) is 110 cm³/mol. The smallest absolute Gasteiger partial charge is 0.251 e. The van der Waals surface area contributed by atoms with E-state index in [-0.39, 0.29) is 24.8 Å². The summed E-state index contributed by atoms with van der Waals surface area (Å²) in [5.74, 6) is 1.10. The Bertz CT molecular complexity index is 920. The largest absolute Gasteiger partial charge is 0.457 e. The highest BCUT2D eigenvalue weighted by molar-refractivity contribution is 5.95. The zero-order valence-corrected chi connectivity index (χ0v) is 15.6. The first-order valence-corrected chi connectivity index (χ1v) is 9.08. The van der Waals surface area contributed by atoms with E-state index in [0.717, 1.165) is 5.75 Å². The Balaban J connectivity index is 1.44. The maximum absolute atomic E-state index is 12.0. The van der Waals surface area contributed by atoms with Gasteiger partial charge in [0, 0.05) is 24.2 Å². The van der Waals surface area contributed by atoms with Crippen molar-refractivity contribution in [3.63, 3.8) is 0 Å². The third kappa shape index (κ3) is 5.71. The minimum Gasteiger partial charge on any atom is -0.457 e. The minimum atomic E-state index is -0.189. The summed E-state index contributed by atoms with van der Waals surface area (Å²) >= 11 is 0. The highest BCUT2D eigenvalue weighted by atomic mass is 16.5. The number of nitrogens with one attached hydrogen (secondary N) is 2. The molecule has 5 heteroatoms. The van der Waals surface area contributed by atoms with E-state index in [4.69, 9.17) is 4.74 Å². The van der Waals surface area contributed by atoms with Crippen molar-refractivity contribution in [3.05, 3.63) is 90.0 Å². The van der Waals surface area contributed by atoms with Gasteiger partial charge >= 0.3 is 0 Å². The SMILES string of the molecule is Cc1ccc(Oc2ccc(NC(=O)CCNC(=O)c3ccccc3)cc2)cc1. The lowest BCUT2D eigenvalue weighted by Gasteiger charge is -2.09. The summed E-state index contributed by atoms with van der Waals surface area (Å²) in [6.07, 6.45) is 0.195. The molecule has 0 fully saturated rings. The molecule has 0 aromatic heterocycles. The van der Waals surface area contributed by atoms with E-state index in [2.05, 4.69) is 10.6 Å². The van der Waals surface area contributed by atoms with Gasteiger partial charge in [-0.3, -0.25) is 9.59 Å². The van der Waals surface area contributed by atoms with Gasteiger partial charge in [0.1, 0.15) is 11.5 Å². The van der Waals surface area contributed by atoms with E-state index in [0.29, 0.717) is 17.0 Å². The number of rotatable bonds is 7. The van der Waals surface area contributed by atoms with Crippen LogP contribution in [0.15, 0.2) is 78.9 Å². The molecule has 0 radical (unpaired) electrons. The van der Waals surface area contributed by atoms with Crippen molar-refractivity contribution in [1.29, 1.82) is 0 Å². The monoisotopic (exact) mass is 374 g/mol. The molecule has 0 aliphatic rings. The number of aryl methyl sites for hydroxylation is 1. The maximum Gasteiger partial charge on any atom is 0.251 e. The van der Waals surface area contributed by atoms with Crippen LogP contribution >= 0.6 is 0 Å². The average Bonchev–Trinajstić information content (AvgIpc) is 2.72. The van der Waals surface area contributed by atoms with Crippen LogP contribution in [-0.4, -0.2) is 18.4 Å². The second kappa shape index (κ2) is 9.37. The number of carbonyl (C=O) groups is 2. The molecule has 0 saturated carbocycles. The number of anilines is 1. The van der Waals surface area contributed by atoms with Crippen LogP contribution in [0.1, 0.15) is 22.3 Å². The lowest BCUT2D eigenvalue weighted by Crippen LogP contribution is -2.27. The Morgan fingerprint density at radius 2 is 1.43 bits per heavy atom. The van der Waals surface area contributed by atoms with E-state index in [1.54, 1.807) is 48.5 Å². The Hall–Kier alpha value is -3.60. The zero-order valence-electron chi connectivity index (χ0n) is 15.6. The van der Waals surface area contributed by atoms with E-state index < -0.39 is 0 Å².